The maximum atomic E-state index is 13.9. The minimum Gasteiger partial charge on any atom is -0.361 e. The standard InChI is InChI=1S/C23H23FN4OS/c24-18-5-3-7-20-21(18)27-23(30-20)28-12-9-15(10-13-28)22(29)25-11-8-16-14-26-19-6-2-1-4-17(16)19/h1-7,14-15,26H,8-13H2,(H,25,29). The summed E-state index contributed by atoms with van der Waals surface area (Å²) in [4.78, 5) is 22.5. The minimum absolute atomic E-state index is 0.0235. The lowest BCUT2D eigenvalue weighted by Gasteiger charge is -2.31. The topological polar surface area (TPSA) is 61.0 Å². The molecule has 2 N–H and O–H groups in total. The summed E-state index contributed by atoms with van der Waals surface area (Å²) < 4.78 is 14.8. The van der Waals surface area contributed by atoms with Gasteiger partial charge >= 0.3 is 0 Å². The highest BCUT2D eigenvalue weighted by Crippen LogP contribution is 2.32. The van der Waals surface area contributed by atoms with Crippen LogP contribution in [0.5, 0.6) is 0 Å². The number of piperidine rings is 1. The number of nitrogens with one attached hydrogen (secondary N) is 2. The number of anilines is 1. The first-order valence-corrected chi connectivity index (χ1v) is 11.1. The van der Waals surface area contributed by atoms with Crippen LogP contribution in [0.2, 0.25) is 0 Å². The molecule has 30 heavy (non-hydrogen) atoms. The zero-order chi connectivity index (χ0) is 20.5. The number of nitrogens with zero attached hydrogens (tertiary/aromatic N) is 2. The van der Waals surface area contributed by atoms with Crippen LogP contribution in [-0.4, -0.2) is 35.5 Å². The number of hydrogen-bond acceptors (Lipinski definition) is 4. The molecule has 0 saturated carbocycles. The summed E-state index contributed by atoms with van der Waals surface area (Å²) in [5.74, 6) is -0.125. The molecule has 0 radical (unpaired) electrons. The van der Waals surface area contributed by atoms with Gasteiger partial charge in [-0.1, -0.05) is 35.6 Å². The summed E-state index contributed by atoms with van der Waals surface area (Å²) in [6.07, 6.45) is 4.41. The second-order valence-electron chi connectivity index (χ2n) is 7.74. The average molecular weight is 423 g/mol. The number of H-pyrrole nitrogens is 1. The first-order chi connectivity index (χ1) is 14.7. The van der Waals surface area contributed by atoms with Crippen molar-refractivity contribution in [1.82, 2.24) is 15.3 Å². The van der Waals surface area contributed by atoms with Crippen molar-refractivity contribution in [3.63, 3.8) is 0 Å². The first kappa shape index (κ1) is 19.1. The van der Waals surface area contributed by atoms with Gasteiger partial charge in [-0.3, -0.25) is 4.79 Å². The number of hydrogen-bond donors (Lipinski definition) is 2. The van der Waals surface area contributed by atoms with E-state index in [2.05, 4.69) is 32.3 Å². The third-order valence-electron chi connectivity index (χ3n) is 5.86. The maximum absolute atomic E-state index is 13.9. The zero-order valence-electron chi connectivity index (χ0n) is 16.5. The first-order valence-electron chi connectivity index (χ1n) is 10.3. The van der Waals surface area contributed by atoms with Gasteiger partial charge in [0.15, 0.2) is 5.13 Å². The summed E-state index contributed by atoms with van der Waals surface area (Å²) in [5.41, 5.74) is 2.79. The highest BCUT2D eigenvalue weighted by atomic mass is 32.1. The van der Waals surface area contributed by atoms with E-state index < -0.39 is 0 Å². The van der Waals surface area contributed by atoms with Crippen molar-refractivity contribution < 1.29 is 9.18 Å². The Labute approximate surface area is 177 Å². The molecular weight excluding hydrogens is 399 g/mol. The number of carbonyl (C=O) groups is 1. The predicted octanol–water partition coefficient (Wildman–Crippen LogP) is 4.49. The number of carbonyl (C=O) groups excluding carboxylic acids is 1. The Morgan fingerprint density at radius 1 is 1.20 bits per heavy atom. The Hall–Kier alpha value is -2.93. The SMILES string of the molecule is O=C(NCCc1c[nH]c2ccccc12)C1CCN(c2nc3c(F)cccc3s2)CC1. The third kappa shape index (κ3) is 3.65. The largest absolute Gasteiger partial charge is 0.361 e. The van der Waals surface area contributed by atoms with E-state index in [0.717, 1.165) is 47.7 Å². The van der Waals surface area contributed by atoms with Crippen LogP contribution < -0.4 is 10.2 Å². The Kier molecular flexibility index (Phi) is 5.12. The Morgan fingerprint density at radius 2 is 2.03 bits per heavy atom. The molecule has 2 aromatic carbocycles. The molecule has 0 bridgehead atoms. The van der Waals surface area contributed by atoms with Crippen molar-refractivity contribution in [1.29, 1.82) is 0 Å². The minimum atomic E-state index is -0.278. The van der Waals surface area contributed by atoms with Gasteiger partial charge in [-0.15, -0.1) is 0 Å². The van der Waals surface area contributed by atoms with E-state index in [-0.39, 0.29) is 17.6 Å². The van der Waals surface area contributed by atoms with Gasteiger partial charge in [-0.05, 0) is 43.0 Å². The highest BCUT2D eigenvalue weighted by Gasteiger charge is 2.26. The summed E-state index contributed by atoms with van der Waals surface area (Å²) in [7, 11) is 0. The summed E-state index contributed by atoms with van der Waals surface area (Å²) in [6.45, 7) is 2.17. The van der Waals surface area contributed by atoms with Crippen molar-refractivity contribution in [3.8, 4) is 0 Å². The molecule has 1 aliphatic rings. The number of aromatic nitrogens is 2. The highest BCUT2D eigenvalue weighted by molar-refractivity contribution is 7.22. The van der Waals surface area contributed by atoms with Crippen molar-refractivity contribution in [3.05, 3.63) is 60.0 Å². The number of thiazole rings is 1. The van der Waals surface area contributed by atoms with Gasteiger partial charge < -0.3 is 15.2 Å². The summed E-state index contributed by atoms with van der Waals surface area (Å²) >= 11 is 1.51. The molecule has 5 nitrogen and oxygen atoms in total. The van der Waals surface area contributed by atoms with E-state index in [0.29, 0.717) is 12.1 Å². The second kappa shape index (κ2) is 8.07. The van der Waals surface area contributed by atoms with Gasteiger partial charge in [0.1, 0.15) is 11.3 Å². The summed E-state index contributed by atoms with van der Waals surface area (Å²) in [5, 5.41) is 5.16. The molecular formula is C23H23FN4OS. The Balaban J connectivity index is 1.14. The monoisotopic (exact) mass is 422 g/mol. The average Bonchev–Trinajstić information content (AvgIpc) is 3.39. The summed E-state index contributed by atoms with van der Waals surface area (Å²) in [6, 6.07) is 13.3. The van der Waals surface area contributed by atoms with Crippen LogP contribution in [-0.2, 0) is 11.2 Å². The fourth-order valence-corrected chi connectivity index (χ4v) is 5.21. The number of halogens is 1. The van der Waals surface area contributed by atoms with E-state index in [1.165, 1.54) is 28.4 Å². The zero-order valence-corrected chi connectivity index (χ0v) is 17.3. The Bertz CT molecular complexity index is 1190. The van der Waals surface area contributed by atoms with Crippen LogP contribution >= 0.6 is 11.3 Å². The van der Waals surface area contributed by atoms with Gasteiger partial charge in [0, 0.05) is 42.7 Å². The molecule has 0 atom stereocenters. The molecule has 4 aromatic rings. The molecule has 1 saturated heterocycles. The number of fused-ring (bicyclic) bond motifs is 2. The van der Waals surface area contributed by atoms with Gasteiger partial charge in [-0.2, -0.15) is 0 Å². The van der Waals surface area contributed by atoms with Crippen LogP contribution in [0, 0.1) is 11.7 Å². The van der Waals surface area contributed by atoms with Crippen LogP contribution in [0.15, 0.2) is 48.7 Å². The molecule has 1 fully saturated rings. The molecule has 154 valence electrons. The van der Waals surface area contributed by atoms with E-state index in [9.17, 15) is 9.18 Å². The van der Waals surface area contributed by atoms with Crippen LogP contribution in [0.1, 0.15) is 18.4 Å². The molecule has 1 amide bonds. The molecule has 0 spiro atoms. The lowest BCUT2D eigenvalue weighted by molar-refractivity contribution is -0.125. The molecule has 0 unspecified atom stereocenters. The normalized spacial score (nSPS) is 15.2. The van der Waals surface area contributed by atoms with E-state index >= 15 is 0 Å². The van der Waals surface area contributed by atoms with Gasteiger partial charge in [-0.25, -0.2) is 9.37 Å². The molecule has 1 aliphatic heterocycles. The predicted molar refractivity (Wildman–Crippen MR) is 120 cm³/mol. The Morgan fingerprint density at radius 3 is 2.87 bits per heavy atom. The van der Waals surface area contributed by atoms with Gasteiger partial charge in [0.2, 0.25) is 5.91 Å². The smallest absolute Gasteiger partial charge is 0.223 e. The van der Waals surface area contributed by atoms with Crippen molar-refractivity contribution >= 4 is 43.5 Å². The number of para-hydroxylation sites is 2. The second-order valence-corrected chi connectivity index (χ2v) is 8.75. The van der Waals surface area contributed by atoms with Crippen molar-refractivity contribution in [2.75, 3.05) is 24.5 Å². The van der Waals surface area contributed by atoms with Crippen molar-refractivity contribution in [2.24, 2.45) is 5.92 Å². The lowest BCUT2D eigenvalue weighted by atomic mass is 9.96. The van der Waals surface area contributed by atoms with Crippen LogP contribution in [0.25, 0.3) is 21.1 Å². The molecule has 7 heteroatoms. The third-order valence-corrected chi connectivity index (χ3v) is 6.94. The van der Waals surface area contributed by atoms with Crippen LogP contribution in [0.3, 0.4) is 0 Å². The van der Waals surface area contributed by atoms with Crippen molar-refractivity contribution in [2.45, 2.75) is 19.3 Å². The van der Waals surface area contributed by atoms with E-state index in [1.54, 1.807) is 6.07 Å². The quantitative estimate of drug-likeness (QED) is 0.498. The fourth-order valence-electron chi connectivity index (χ4n) is 4.17. The number of amides is 1. The van der Waals surface area contributed by atoms with E-state index in [1.807, 2.05) is 24.4 Å². The fraction of sp³-hybridized carbons (Fsp3) is 0.304. The molecule has 3 heterocycles. The molecule has 2 aromatic heterocycles. The number of rotatable bonds is 5. The van der Waals surface area contributed by atoms with Gasteiger partial charge in [0.25, 0.3) is 0 Å². The van der Waals surface area contributed by atoms with E-state index in [4.69, 9.17) is 0 Å². The lowest BCUT2D eigenvalue weighted by Crippen LogP contribution is -2.41. The van der Waals surface area contributed by atoms with Gasteiger partial charge in [0.05, 0.1) is 4.70 Å². The van der Waals surface area contributed by atoms with Crippen LogP contribution in [0.4, 0.5) is 9.52 Å². The number of benzene rings is 2. The maximum Gasteiger partial charge on any atom is 0.223 e. The molecule has 5 rings (SSSR count). The number of aromatic amines is 1. The molecule has 0 aliphatic carbocycles.